The Morgan fingerprint density at radius 1 is 1.28 bits per heavy atom. The van der Waals surface area contributed by atoms with E-state index in [1.165, 1.54) is 7.11 Å². The van der Waals surface area contributed by atoms with Gasteiger partial charge in [-0.2, -0.15) is 0 Å². The van der Waals surface area contributed by atoms with E-state index in [4.69, 9.17) is 10.1 Å². The number of carbonyl (C=O) groups excluding carboxylic acids is 1. The van der Waals surface area contributed by atoms with Crippen molar-refractivity contribution in [3.05, 3.63) is 29.8 Å². The fraction of sp³-hybridized carbons (Fsp3) is 0.579. The van der Waals surface area contributed by atoms with Gasteiger partial charge in [-0.3, -0.25) is 15.1 Å². The molecule has 132 valence electrons. The fourth-order valence-corrected chi connectivity index (χ4v) is 5.75. The topological polar surface area (TPSA) is 76.9 Å². The van der Waals surface area contributed by atoms with Gasteiger partial charge in [0.05, 0.1) is 18.3 Å². The van der Waals surface area contributed by atoms with Gasteiger partial charge in [-0.25, -0.2) is 0 Å². The van der Waals surface area contributed by atoms with Crippen LogP contribution in [-0.2, 0) is 15.1 Å². The SMILES string of the molecule is COC(=O)[C@@H]1C[C@@]2(O)c3ccccc3N3C(=N)C4(CCCCC4)N1[C@H]32. The number of benzene rings is 1. The fourth-order valence-electron chi connectivity index (χ4n) is 5.75. The molecule has 1 aromatic carbocycles. The minimum Gasteiger partial charge on any atom is -0.468 e. The Morgan fingerprint density at radius 2 is 2.00 bits per heavy atom. The van der Waals surface area contributed by atoms with Gasteiger partial charge in [-0.15, -0.1) is 0 Å². The third-order valence-electron chi connectivity index (χ3n) is 6.74. The Balaban J connectivity index is 1.73. The predicted octanol–water partition coefficient (Wildman–Crippen LogP) is 1.96. The van der Waals surface area contributed by atoms with Crippen molar-refractivity contribution in [1.29, 1.82) is 5.41 Å². The van der Waals surface area contributed by atoms with E-state index in [9.17, 15) is 9.90 Å². The summed E-state index contributed by atoms with van der Waals surface area (Å²) in [6.07, 6.45) is 4.94. The second kappa shape index (κ2) is 4.83. The van der Waals surface area contributed by atoms with Gasteiger partial charge in [-0.05, 0) is 18.9 Å². The lowest BCUT2D eigenvalue weighted by molar-refractivity contribution is -0.148. The first-order valence-corrected chi connectivity index (χ1v) is 9.11. The smallest absolute Gasteiger partial charge is 0.323 e. The number of nitrogens with zero attached hydrogens (tertiary/aromatic N) is 2. The number of anilines is 1. The van der Waals surface area contributed by atoms with Gasteiger partial charge in [0, 0.05) is 12.0 Å². The molecule has 2 saturated heterocycles. The number of hydrogen-bond donors (Lipinski definition) is 2. The standard InChI is InChI=1S/C19H23N3O3/c1-25-15(23)14-11-19(24)12-7-3-4-8-13(12)21-16(20)18(22(14)17(19)21)9-5-2-6-10-18/h3-4,7-8,14,17,20,24H,2,5-6,9-11H2,1H3/t14-,17-,19+/m0/s1. The lowest BCUT2D eigenvalue weighted by Crippen LogP contribution is -2.56. The molecule has 1 aliphatic carbocycles. The van der Waals surface area contributed by atoms with Crippen LogP contribution in [0.5, 0.6) is 0 Å². The molecule has 0 aromatic heterocycles. The first-order chi connectivity index (χ1) is 12.0. The van der Waals surface area contributed by atoms with Crippen molar-refractivity contribution < 1.29 is 14.6 Å². The van der Waals surface area contributed by atoms with E-state index in [0.717, 1.165) is 43.4 Å². The molecule has 0 bridgehead atoms. The van der Waals surface area contributed by atoms with Gasteiger partial charge in [0.25, 0.3) is 0 Å². The molecular formula is C19H23N3O3. The first-order valence-electron chi connectivity index (χ1n) is 9.11. The lowest BCUT2D eigenvalue weighted by Gasteiger charge is -2.41. The summed E-state index contributed by atoms with van der Waals surface area (Å²) in [6.45, 7) is 0. The van der Waals surface area contributed by atoms with Gasteiger partial charge in [0.15, 0.2) is 0 Å². The van der Waals surface area contributed by atoms with Gasteiger partial charge in [0.1, 0.15) is 23.6 Å². The van der Waals surface area contributed by atoms with Crippen molar-refractivity contribution in [3.63, 3.8) is 0 Å². The summed E-state index contributed by atoms with van der Waals surface area (Å²) in [4.78, 5) is 16.7. The number of para-hydroxylation sites is 1. The molecule has 3 fully saturated rings. The van der Waals surface area contributed by atoms with Crippen molar-refractivity contribution in [2.24, 2.45) is 0 Å². The lowest BCUT2D eigenvalue weighted by atomic mass is 9.79. The second-order valence-corrected chi connectivity index (χ2v) is 7.78. The van der Waals surface area contributed by atoms with Crippen LogP contribution in [0.3, 0.4) is 0 Å². The summed E-state index contributed by atoms with van der Waals surface area (Å²) >= 11 is 0. The summed E-state index contributed by atoms with van der Waals surface area (Å²) in [7, 11) is 1.40. The van der Waals surface area contributed by atoms with Crippen molar-refractivity contribution in [3.8, 4) is 0 Å². The Kier molecular flexibility index (Phi) is 2.96. The number of carbonyl (C=O) groups is 1. The highest BCUT2D eigenvalue weighted by molar-refractivity contribution is 6.08. The molecule has 4 aliphatic rings. The maximum Gasteiger partial charge on any atom is 0.323 e. The van der Waals surface area contributed by atoms with E-state index in [2.05, 4.69) is 4.90 Å². The average molecular weight is 341 g/mol. The zero-order valence-corrected chi connectivity index (χ0v) is 14.4. The van der Waals surface area contributed by atoms with Gasteiger partial charge >= 0.3 is 5.97 Å². The third-order valence-corrected chi connectivity index (χ3v) is 6.74. The van der Waals surface area contributed by atoms with Crippen LogP contribution in [0.25, 0.3) is 0 Å². The highest BCUT2D eigenvalue weighted by Crippen LogP contribution is 2.61. The second-order valence-electron chi connectivity index (χ2n) is 7.78. The number of amidine groups is 1. The molecule has 0 unspecified atom stereocenters. The van der Waals surface area contributed by atoms with Crippen LogP contribution in [0.2, 0.25) is 0 Å². The molecule has 1 aromatic rings. The zero-order chi connectivity index (χ0) is 17.4. The van der Waals surface area contributed by atoms with Gasteiger partial charge < -0.3 is 14.7 Å². The molecule has 6 nitrogen and oxygen atoms in total. The van der Waals surface area contributed by atoms with Gasteiger partial charge in [0.2, 0.25) is 0 Å². The van der Waals surface area contributed by atoms with Crippen molar-refractivity contribution in [2.75, 3.05) is 12.0 Å². The molecule has 3 atom stereocenters. The molecular weight excluding hydrogens is 318 g/mol. The maximum atomic E-state index is 12.6. The Labute approximate surface area is 146 Å². The summed E-state index contributed by atoms with van der Waals surface area (Å²) in [6, 6.07) is 7.26. The molecule has 1 spiro atoms. The van der Waals surface area contributed by atoms with Crippen LogP contribution < -0.4 is 4.90 Å². The van der Waals surface area contributed by atoms with Crippen molar-refractivity contribution in [1.82, 2.24) is 4.90 Å². The number of nitrogens with one attached hydrogen (secondary N) is 1. The molecule has 0 amide bonds. The van der Waals surface area contributed by atoms with Crippen LogP contribution in [0.15, 0.2) is 24.3 Å². The van der Waals surface area contributed by atoms with E-state index in [1.54, 1.807) is 0 Å². The normalized spacial score (nSPS) is 35.1. The van der Waals surface area contributed by atoms with Crippen LogP contribution in [-0.4, -0.2) is 46.7 Å². The predicted molar refractivity (Wildman–Crippen MR) is 92.4 cm³/mol. The van der Waals surface area contributed by atoms with Crippen LogP contribution >= 0.6 is 0 Å². The minimum atomic E-state index is -1.14. The number of ether oxygens (including phenoxy) is 1. The van der Waals surface area contributed by atoms with E-state index in [1.807, 2.05) is 29.2 Å². The highest BCUT2D eigenvalue weighted by Gasteiger charge is 2.72. The molecule has 3 heterocycles. The largest absolute Gasteiger partial charge is 0.468 e. The number of esters is 1. The maximum absolute atomic E-state index is 12.6. The summed E-state index contributed by atoms with van der Waals surface area (Å²) in [5, 5.41) is 20.6. The van der Waals surface area contributed by atoms with Gasteiger partial charge in [-0.1, -0.05) is 37.5 Å². The molecule has 3 aliphatic heterocycles. The Bertz CT molecular complexity index is 773. The number of hydrogen-bond acceptors (Lipinski definition) is 5. The zero-order valence-electron chi connectivity index (χ0n) is 14.4. The quantitative estimate of drug-likeness (QED) is 0.764. The Morgan fingerprint density at radius 3 is 2.72 bits per heavy atom. The summed E-state index contributed by atoms with van der Waals surface area (Å²) in [5.41, 5.74) is 0.144. The molecule has 6 heteroatoms. The first kappa shape index (κ1) is 15.3. The minimum absolute atomic E-state index is 0.306. The van der Waals surface area contributed by atoms with E-state index in [-0.39, 0.29) is 12.1 Å². The molecule has 2 N–H and O–H groups in total. The highest BCUT2D eigenvalue weighted by atomic mass is 16.5. The average Bonchev–Trinajstić information content (AvgIpc) is 3.18. The molecule has 0 radical (unpaired) electrons. The number of aliphatic hydroxyl groups is 1. The third kappa shape index (κ3) is 1.62. The molecule has 25 heavy (non-hydrogen) atoms. The number of methoxy groups -OCH3 is 1. The van der Waals surface area contributed by atoms with Crippen molar-refractivity contribution in [2.45, 2.75) is 61.9 Å². The van der Waals surface area contributed by atoms with E-state index in [0.29, 0.717) is 12.3 Å². The Hall–Kier alpha value is -1.92. The van der Waals surface area contributed by atoms with E-state index < -0.39 is 17.2 Å². The monoisotopic (exact) mass is 341 g/mol. The summed E-state index contributed by atoms with van der Waals surface area (Å²) in [5.74, 6) is 0.231. The number of rotatable bonds is 1. The van der Waals surface area contributed by atoms with Crippen molar-refractivity contribution >= 4 is 17.5 Å². The summed E-state index contributed by atoms with van der Waals surface area (Å²) < 4.78 is 5.07. The van der Waals surface area contributed by atoms with Crippen LogP contribution in [0.4, 0.5) is 5.69 Å². The molecule has 5 rings (SSSR count). The number of fused-ring (bicyclic) bond motifs is 4. The van der Waals surface area contributed by atoms with Crippen LogP contribution in [0.1, 0.15) is 44.1 Å². The van der Waals surface area contributed by atoms with Crippen LogP contribution in [0, 0.1) is 5.41 Å². The molecule has 1 saturated carbocycles. The van der Waals surface area contributed by atoms with E-state index >= 15 is 0 Å².